The zero-order valence-corrected chi connectivity index (χ0v) is 13.9. The second kappa shape index (κ2) is 6.10. The Morgan fingerprint density at radius 3 is 2.32 bits per heavy atom. The molecule has 2 rings (SSSR count). The van der Waals surface area contributed by atoms with Gasteiger partial charge in [0.25, 0.3) is 5.91 Å². The van der Waals surface area contributed by atoms with Crippen molar-refractivity contribution in [1.29, 1.82) is 0 Å². The molecule has 138 valence electrons. The lowest BCUT2D eigenvalue weighted by atomic mass is 10.0. The van der Waals surface area contributed by atoms with Crippen molar-refractivity contribution < 1.29 is 44.8 Å². The summed E-state index contributed by atoms with van der Waals surface area (Å²) in [4.78, 5) is 25.3. The Kier molecular flexibility index (Phi) is 4.59. The normalized spacial score (nSPS) is 14.3. The van der Waals surface area contributed by atoms with Gasteiger partial charge in [-0.15, -0.1) is 0 Å². The zero-order chi connectivity index (χ0) is 19.2. The molecule has 1 aromatic rings. The monoisotopic (exact) mass is 383 g/mol. The third-order valence-corrected chi connectivity index (χ3v) is 4.37. The SMILES string of the molecule is COC(=O)c1c(OS(=O)(=O)C(F)(F)F)cc(OC)c2c1CN(C)C2=O. The van der Waals surface area contributed by atoms with Crippen molar-refractivity contribution in [3.05, 3.63) is 22.8 Å². The van der Waals surface area contributed by atoms with Crippen molar-refractivity contribution in [2.45, 2.75) is 12.1 Å². The van der Waals surface area contributed by atoms with Crippen molar-refractivity contribution in [3.63, 3.8) is 0 Å². The number of esters is 1. The molecule has 0 unspecified atom stereocenters. The van der Waals surface area contributed by atoms with Gasteiger partial charge in [0.05, 0.1) is 19.8 Å². The predicted octanol–water partition coefficient (Wildman–Crippen LogP) is 1.30. The van der Waals surface area contributed by atoms with Gasteiger partial charge in [-0.05, 0) is 0 Å². The number of carbonyl (C=O) groups excluding carboxylic acids is 2. The number of halogens is 3. The van der Waals surface area contributed by atoms with Crippen LogP contribution in [0.15, 0.2) is 6.07 Å². The summed E-state index contributed by atoms with van der Waals surface area (Å²) in [6.07, 6.45) is 0. The largest absolute Gasteiger partial charge is 0.534 e. The molecule has 25 heavy (non-hydrogen) atoms. The molecule has 0 atom stereocenters. The molecule has 0 aromatic heterocycles. The van der Waals surface area contributed by atoms with Crippen molar-refractivity contribution in [2.75, 3.05) is 21.3 Å². The summed E-state index contributed by atoms with van der Waals surface area (Å²) >= 11 is 0. The van der Waals surface area contributed by atoms with Gasteiger partial charge in [-0.25, -0.2) is 4.79 Å². The van der Waals surface area contributed by atoms with Crippen LogP contribution in [0.1, 0.15) is 26.3 Å². The highest BCUT2D eigenvalue weighted by molar-refractivity contribution is 7.88. The van der Waals surface area contributed by atoms with Crippen LogP contribution in [0, 0.1) is 0 Å². The fourth-order valence-electron chi connectivity index (χ4n) is 2.30. The molecule has 0 bridgehead atoms. The summed E-state index contributed by atoms with van der Waals surface area (Å²) in [5.74, 6) is -2.89. The number of nitrogens with zero attached hydrogens (tertiary/aromatic N) is 1. The van der Waals surface area contributed by atoms with Gasteiger partial charge in [0.1, 0.15) is 11.3 Å². The molecule has 1 aliphatic heterocycles. The van der Waals surface area contributed by atoms with Crippen LogP contribution in [-0.2, 0) is 21.4 Å². The van der Waals surface area contributed by atoms with Crippen LogP contribution in [0.5, 0.6) is 11.5 Å². The second-order valence-electron chi connectivity index (χ2n) is 4.94. The summed E-state index contributed by atoms with van der Waals surface area (Å²) in [5.41, 5.74) is -6.43. The summed E-state index contributed by atoms with van der Waals surface area (Å²) in [6.45, 7) is -0.168. The number of ether oxygens (including phenoxy) is 2. The van der Waals surface area contributed by atoms with Crippen LogP contribution in [0.3, 0.4) is 0 Å². The van der Waals surface area contributed by atoms with Gasteiger partial charge in [-0.3, -0.25) is 4.79 Å². The lowest BCUT2D eigenvalue weighted by Crippen LogP contribution is -2.29. The van der Waals surface area contributed by atoms with E-state index >= 15 is 0 Å². The molecule has 1 heterocycles. The maximum atomic E-state index is 12.6. The van der Waals surface area contributed by atoms with Crippen LogP contribution in [0.2, 0.25) is 0 Å². The van der Waals surface area contributed by atoms with Crippen molar-refractivity contribution in [2.24, 2.45) is 0 Å². The number of rotatable bonds is 4. The fraction of sp³-hybridized carbons (Fsp3) is 0.385. The van der Waals surface area contributed by atoms with E-state index in [9.17, 15) is 31.2 Å². The van der Waals surface area contributed by atoms with E-state index in [2.05, 4.69) is 8.92 Å². The van der Waals surface area contributed by atoms with Crippen molar-refractivity contribution >= 4 is 22.0 Å². The molecule has 0 aliphatic carbocycles. The Morgan fingerprint density at radius 2 is 1.84 bits per heavy atom. The average Bonchev–Trinajstić information content (AvgIpc) is 2.79. The molecule has 0 saturated heterocycles. The Morgan fingerprint density at radius 1 is 1.24 bits per heavy atom. The standard InChI is InChI=1S/C13H12F3NO7S/c1-17-5-6-9(11(17)18)7(22-2)4-8(10(6)12(19)23-3)24-25(20,21)13(14,15)16/h4H,5H2,1-3H3. The van der Waals surface area contributed by atoms with Crippen LogP contribution < -0.4 is 8.92 Å². The van der Waals surface area contributed by atoms with Crippen LogP contribution >= 0.6 is 0 Å². The van der Waals surface area contributed by atoms with Gasteiger partial charge in [0.2, 0.25) is 0 Å². The van der Waals surface area contributed by atoms with E-state index in [-0.39, 0.29) is 23.4 Å². The van der Waals surface area contributed by atoms with E-state index < -0.39 is 38.8 Å². The number of benzene rings is 1. The third-order valence-electron chi connectivity index (χ3n) is 3.41. The minimum Gasteiger partial charge on any atom is -0.496 e. The highest BCUT2D eigenvalue weighted by Crippen LogP contribution is 2.40. The Balaban J connectivity index is 2.75. The quantitative estimate of drug-likeness (QED) is 0.439. The topological polar surface area (TPSA) is 99.2 Å². The van der Waals surface area contributed by atoms with Gasteiger partial charge >= 0.3 is 21.6 Å². The molecular formula is C13H12F3NO7S. The Labute approximate surface area is 140 Å². The van der Waals surface area contributed by atoms with Gasteiger partial charge in [0.15, 0.2) is 5.75 Å². The third kappa shape index (κ3) is 3.08. The Hall–Kier alpha value is -2.50. The zero-order valence-electron chi connectivity index (χ0n) is 13.1. The van der Waals surface area contributed by atoms with E-state index in [1.807, 2.05) is 0 Å². The lowest BCUT2D eigenvalue weighted by molar-refractivity contribution is -0.0500. The molecule has 0 saturated carbocycles. The maximum absolute atomic E-state index is 12.6. The minimum atomic E-state index is -6.05. The molecule has 1 amide bonds. The van der Waals surface area contributed by atoms with Crippen LogP contribution in [-0.4, -0.2) is 52.0 Å². The van der Waals surface area contributed by atoms with Gasteiger partial charge in [-0.2, -0.15) is 21.6 Å². The number of fused-ring (bicyclic) bond motifs is 1. The van der Waals surface area contributed by atoms with Crippen molar-refractivity contribution in [1.82, 2.24) is 4.90 Å². The number of hydrogen-bond acceptors (Lipinski definition) is 7. The summed E-state index contributed by atoms with van der Waals surface area (Å²) < 4.78 is 73.9. The number of carbonyl (C=O) groups is 2. The van der Waals surface area contributed by atoms with Crippen molar-refractivity contribution in [3.8, 4) is 11.5 Å². The summed E-state index contributed by atoms with van der Waals surface area (Å²) in [5, 5.41) is 0. The van der Waals surface area contributed by atoms with E-state index in [0.29, 0.717) is 0 Å². The molecule has 12 heteroatoms. The molecule has 8 nitrogen and oxygen atoms in total. The highest BCUT2D eigenvalue weighted by Gasteiger charge is 2.49. The average molecular weight is 383 g/mol. The predicted molar refractivity (Wildman–Crippen MR) is 75.7 cm³/mol. The first-order valence-electron chi connectivity index (χ1n) is 6.53. The molecule has 1 aromatic carbocycles. The van der Waals surface area contributed by atoms with Crippen LogP contribution in [0.4, 0.5) is 13.2 Å². The van der Waals surface area contributed by atoms with Crippen LogP contribution in [0.25, 0.3) is 0 Å². The smallest absolute Gasteiger partial charge is 0.496 e. The summed E-state index contributed by atoms with van der Waals surface area (Å²) in [7, 11) is -2.59. The first-order valence-corrected chi connectivity index (χ1v) is 7.93. The number of methoxy groups -OCH3 is 2. The second-order valence-corrected chi connectivity index (χ2v) is 6.48. The van der Waals surface area contributed by atoms with Gasteiger partial charge in [0, 0.05) is 25.2 Å². The minimum absolute atomic E-state index is 0.0499. The first kappa shape index (κ1) is 18.8. The molecule has 0 fully saturated rings. The van der Waals surface area contributed by atoms with E-state index in [4.69, 9.17) is 4.74 Å². The van der Waals surface area contributed by atoms with E-state index in [1.165, 1.54) is 11.9 Å². The molecule has 0 radical (unpaired) electrons. The highest BCUT2D eigenvalue weighted by atomic mass is 32.2. The number of alkyl halides is 3. The summed E-state index contributed by atoms with van der Waals surface area (Å²) in [6, 6.07) is 0.728. The fourth-order valence-corrected chi connectivity index (χ4v) is 2.76. The molecular weight excluding hydrogens is 371 g/mol. The molecule has 1 aliphatic rings. The first-order chi connectivity index (χ1) is 11.4. The van der Waals surface area contributed by atoms with E-state index in [1.54, 1.807) is 0 Å². The van der Waals surface area contributed by atoms with E-state index in [0.717, 1.165) is 20.3 Å². The Bertz CT molecular complexity index is 848. The van der Waals surface area contributed by atoms with Gasteiger partial charge in [-0.1, -0.05) is 0 Å². The van der Waals surface area contributed by atoms with Gasteiger partial charge < -0.3 is 18.6 Å². The molecule has 0 spiro atoms. The molecule has 0 N–H and O–H groups in total. The maximum Gasteiger partial charge on any atom is 0.534 e. The lowest BCUT2D eigenvalue weighted by Gasteiger charge is -2.16. The number of amides is 1. The number of hydrogen-bond donors (Lipinski definition) is 0.